The molecule has 2 N–H and O–H groups in total. The number of rotatable bonds is 4. The van der Waals surface area contributed by atoms with E-state index in [9.17, 15) is 10.4 Å². The predicted octanol–water partition coefficient (Wildman–Crippen LogP) is 2.85. The highest BCUT2D eigenvalue weighted by Gasteiger charge is 2.27. The van der Waals surface area contributed by atoms with Gasteiger partial charge in [0.25, 0.3) is 0 Å². The molecule has 0 amide bonds. The van der Waals surface area contributed by atoms with Crippen molar-refractivity contribution < 1.29 is 5.11 Å². The third kappa shape index (κ3) is 4.19. The van der Waals surface area contributed by atoms with Gasteiger partial charge in [-0.25, -0.2) is 0 Å². The molecule has 0 saturated heterocycles. The van der Waals surface area contributed by atoms with Crippen molar-refractivity contribution in [2.24, 2.45) is 17.8 Å². The van der Waals surface area contributed by atoms with Crippen molar-refractivity contribution in [2.75, 3.05) is 13.2 Å². The Bertz CT molecular complexity index is 300. The summed E-state index contributed by atoms with van der Waals surface area (Å²) in [4.78, 5) is 0. The second kappa shape index (κ2) is 7.87. The van der Waals surface area contributed by atoms with Crippen molar-refractivity contribution in [1.29, 1.82) is 5.26 Å². The van der Waals surface area contributed by atoms with Gasteiger partial charge in [-0.05, 0) is 44.1 Å². The Balaban J connectivity index is 1.83. The molecular weight excluding hydrogens is 236 g/mol. The van der Waals surface area contributed by atoms with Gasteiger partial charge in [0.15, 0.2) is 0 Å². The molecule has 4 unspecified atom stereocenters. The Labute approximate surface area is 117 Å². The molecular formula is C16H28N2O. The second-order valence-electron chi connectivity index (χ2n) is 6.38. The smallest absolute Gasteiger partial charge is 0.0672 e. The van der Waals surface area contributed by atoms with E-state index in [4.69, 9.17) is 0 Å². The first-order chi connectivity index (χ1) is 9.35. The molecule has 19 heavy (non-hydrogen) atoms. The van der Waals surface area contributed by atoms with Crippen LogP contribution in [0.3, 0.4) is 0 Å². The first-order valence-corrected chi connectivity index (χ1v) is 8.09. The van der Waals surface area contributed by atoms with E-state index < -0.39 is 0 Å². The Morgan fingerprint density at radius 2 is 1.63 bits per heavy atom. The first kappa shape index (κ1) is 14.8. The number of aliphatic hydroxyl groups excluding tert-OH is 1. The summed E-state index contributed by atoms with van der Waals surface area (Å²) in [5.41, 5.74) is 0. The van der Waals surface area contributed by atoms with Crippen molar-refractivity contribution >= 4 is 0 Å². The van der Waals surface area contributed by atoms with Gasteiger partial charge in [-0.3, -0.25) is 0 Å². The zero-order valence-electron chi connectivity index (χ0n) is 12.0. The minimum Gasteiger partial charge on any atom is -0.396 e. The zero-order chi connectivity index (χ0) is 13.5. The van der Waals surface area contributed by atoms with Crippen LogP contribution >= 0.6 is 0 Å². The lowest BCUT2D eigenvalue weighted by atomic mass is 9.79. The maximum absolute atomic E-state index is 9.46. The molecule has 0 aromatic rings. The molecule has 4 atom stereocenters. The number of aliphatic hydroxyl groups is 1. The number of hydrogen-bond acceptors (Lipinski definition) is 3. The van der Waals surface area contributed by atoms with E-state index in [1.165, 1.54) is 44.9 Å². The minimum absolute atomic E-state index is 0.193. The molecule has 108 valence electrons. The zero-order valence-corrected chi connectivity index (χ0v) is 12.0. The van der Waals surface area contributed by atoms with Crippen LogP contribution in [0.4, 0.5) is 0 Å². The van der Waals surface area contributed by atoms with Gasteiger partial charge in [0.1, 0.15) is 0 Å². The molecule has 2 fully saturated rings. The molecule has 0 radical (unpaired) electrons. The van der Waals surface area contributed by atoms with Crippen molar-refractivity contribution in [3.8, 4) is 6.07 Å². The molecule has 0 heterocycles. The summed E-state index contributed by atoms with van der Waals surface area (Å²) in [5, 5.41) is 22.4. The SMILES string of the molecule is N#CC1CCCCCC1NCC1CCCCC1CO. The highest BCUT2D eigenvalue weighted by atomic mass is 16.3. The Morgan fingerprint density at radius 3 is 2.37 bits per heavy atom. The largest absolute Gasteiger partial charge is 0.396 e. The van der Waals surface area contributed by atoms with Gasteiger partial charge in [0.05, 0.1) is 12.0 Å². The molecule has 2 rings (SSSR count). The van der Waals surface area contributed by atoms with Gasteiger partial charge in [-0.15, -0.1) is 0 Å². The number of nitrogens with one attached hydrogen (secondary N) is 1. The van der Waals surface area contributed by atoms with Crippen LogP contribution in [0.15, 0.2) is 0 Å². The fraction of sp³-hybridized carbons (Fsp3) is 0.938. The van der Waals surface area contributed by atoms with E-state index in [2.05, 4.69) is 11.4 Å². The van der Waals surface area contributed by atoms with Gasteiger partial charge in [0, 0.05) is 12.6 Å². The van der Waals surface area contributed by atoms with Crippen LogP contribution < -0.4 is 5.32 Å². The molecule has 0 bridgehead atoms. The average molecular weight is 264 g/mol. The number of hydrogen-bond donors (Lipinski definition) is 2. The predicted molar refractivity (Wildman–Crippen MR) is 76.5 cm³/mol. The van der Waals surface area contributed by atoms with Crippen LogP contribution in [-0.4, -0.2) is 24.3 Å². The molecule has 2 aliphatic rings. The quantitative estimate of drug-likeness (QED) is 0.768. The summed E-state index contributed by atoms with van der Waals surface area (Å²) in [6.45, 7) is 1.33. The van der Waals surface area contributed by atoms with Gasteiger partial charge < -0.3 is 10.4 Å². The number of nitrogens with zero attached hydrogens (tertiary/aromatic N) is 1. The van der Waals surface area contributed by atoms with Crippen molar-refractivity contribution in [2.45, 2.75) is 63.8 Å². The van der Waals surface area contributed by atoms with E-state index in [-0.39, 0.29) is 5.92 Å². The Morgan fingerprint density at radius 1 is 0.947 bits per heavy atom. The lowest BCUT2D eigenvalue weighted by Crippen LogP contribution is -2.41. The normalized spacial score (nSPS) is 36.4. The molecule has 2 saturated carbocycles. The van der Waals surface area contributed by atoms with Gasteiger partial charge in [-0.2, -0.15) is 5.26 Å². The monoisotopic (exact) mass is 264 g/mol. The van der Waals surface area contributed by atoms with Crippen molar-refractivity contribution in [3.05, 3.63) is 0 Å². The van der Waals surface area contributed by atoms with Crippen LogP contribution in [0.25, 0.3) is 0 Å². The molecule has 0 aromatic carbocycles. The summed E-state index contributed by atoms with van der Waals surface area (Å²) in [6.07, 6.45) is 10.9. The van der Waals surface area contributed by atoms with E-state index in [0.29, 0.717) is 24.5 Å². The van der Waals surface area contributed by atoms with Crippen molar-refractivity contribution in [1.82, 2.24) is 5.32 Å². The third-order valence-electron chi connectivity index (χ3n) is 5.13. The summed E-state index contributed by atoms with van der Waals surface area (Å²) in [5.74, 6) is 1.28. The standard InChI is InChI=1S/C16H28N2O/c17-10-13-6-2-1-3-9-16(13)18-11-14-7-4-5-8-15(14)12-19/h13-16,18-19H,1-9,11-12H2. The lowest BCUT2D eigenvalue weighted by molar-refractivity contribution is 0.129. The van der Waals surface area contributed by atoms with E-state index in [1.54, 1.807) is 0 Å². The maximum Gasteiger partial charge on any atom is 0.0672 e. The number of nitriles is 1. The van der Waals surface area contributed by atoms with Gasteiger partial charge >= 0.3 is 0 Å². The maximum atomic E-state index is 9.46. The third-order valence-corrected chi connectivity index (χ3v) is 5.13. The topological polar surface area (TPSA) is 56.0 Å². The molecule has 0 spiro atoms. The minimum atomic E-state index is 0.193. The summed E-state index contributed by atoms with van der Waals surface area (Å²) in [7, 11) is 0. The van der Waals surface area contributed by atoms with Gasteiger partial charge in [-0.1, -0.05) is 32.1 Å². The van der Waals surface area contributed by atoms with Crippen LogP contribution in [0, 0.1) is 29.1 Å². The molecule has 3 heteroatoms. The van der Waals surface area contributed by atoms with Crippen LogP contribution in [0.2, 0.25) is 0 Å². The summed E-state index contributed by atoms with van der Waals surface area (Å²) in [6, 6.07) is 2.88. The molecule has 0 aromatic heterocycles. The summed E-state index contributed by atoms with van der Waals surface area (Å²) >= 11 is 0. The second-order valence-corrected chi connectivity index (χ2v) is 6.38. The highest BCUT2D eigenvalue weighted by molar-refractivity contribution is 4.94. The Kier molecular flexibility index (Phi) is 6.13. The van der Waals surface area contributed by atoms with Crippen LogP contribution in [0.1, 0.15) is 57.8 Å². The fourth-order valence-corrected chi connectivity index (χ4v) is 3.80. The lowest BCUT2D eigenvalue weighted by Gasteiger charge is -2.32. The van der Waals surface area contributed by atoms with E-state index in [1.807, 2.05) is 0 Å². The van der Waals surface area contributed by atoms with E-state index >= 15 is 0 Å². The summed E-state index contributed by atoms with van der Waals surface area (Å²) < 4.78 is 0. The fourth-order valence-electron chi connectivity index (χ4n) is 3.80. The molecule has 3 nitrogen and oxygen atoms in total. The van der Waals surface area contributed by atoms with E-state index in [0.717, 1.165) is 19.4 Å². The van der Waals surface area contributed by atoms with Crippen LogP contribution in [0.5, 0.6) is 0 Å². The highest BCUT2D eigenvalue weighted by Crippen LogP contribution is 2.30. The molecule has 2 aliphatic carbocycles. The van der Waals surface area contributed by atoms with Crippen molar-refractivity contribution in [3.63, 3.8) is 0 Å². The molecule has 0 aliphatic heterocycles. The average Bonchev–Trinajstić information content (AvgIpc) is 2.70. The van der Waals surface area contributed by atoms with Crippen LogP contribution in [-0.2, 0) is 0 Å². The first-order valence-electron chi connectivity index (χ1n) is 8.09. The van der Waals surface area contributed by atoms with Gasteiger partial charge in [0.2, 0.25) is 0 Å². The Hall–Kier alpha value is -0.590.